The van der Waals surface area contributed by atoms with Gasteiger partial charge in [-0.05, 0) is 38.1 Å². The summed E-state index contributed by atoms with van der Waals surface area (Å²) in [4.78, 5) is 29.2. The second-order valence-electron chi connectivity index (χ2n) is 8.14. The summed E-state index contributed by atoms with van der Waals surface area (Å²) >= 11 is 0. The van der Waals surface area contributed by atoms with Crippen molar-refractivity contribution in [1.29, 1.82) is 5.26 Å². The largest absolute Gasteiger partial charge is 0.459 e. The molecular weight excluding hydrogens is 436 g/mol. The number of anilines is 1. The van der Waals surface area contributed by atoms with Gasteiger partial charge in [-0.2, -0.15) is 5.26 Å². The lowest BCUT2D eigenvalue weighted by Crippen LogP contribution is -2.32. The summed E-state index contributed by atoms with van der Waals surface area (Å²) in [5.41, 5.74) is 8.75. The molecule has 1 aromatic heterocycles. The number of esters is 2. The van der Waals surface area contributed by atoms with Crippen molar-refractivity contribution in [3.05, 3.63) is 82.8 Å². The highest BCUT2D eigenvalue weighted by atomic mass is 16.6. The number of hydrogen-bond donors (Lipinski definition) is 1. The molecule has 174 valence electrons. The van der Waals surface area contributed by atoms with Crippen molar-refractivity contribution in [3.8, 4) is 6.07 Å². The third kappa shape index (κ3) is 4.92. The van der Waals surface area contributed by atoms with Gasteiger partial charge >= 0.3 is 11.9 Å². The first-order valence-corrected chi connectivity index (χ1v) is 10.7. The fraction of sp³-hybridized carbons (Fsp3) is 0.280. The number of ether oxygens (including phenoxy) is 3. The Balaban J connectivity index is 1.51. The lowest BCUT2D eigenvalue weighted by atomic mass is 10.1. The van der Waals surface area contributed by atoms with Gasteiger partial charge in [0.15, 0.2) is 11.5 Å². The fourth-order valence-electron chi connectivity index (χ4n) is 3.68. The Bertz CT molecular complexity index is 1230. The number of nitrogen functional groups attached to an aromatic ring is 1. The number of hydrogen-bond acceptors (Lipinski definition) is 8. The molecule has 1 fully saturated rings. The SMILES string of the molecule is Cc1ccc(C(=O)OC[C@H]2O[C@@H](n3cnc(N)c3C#N)C[C@@H]2OC(=O)c2ccc(C)cc2)cc1. The Kier molecular flexibility index (Phi) is 6.61. The first-order chi connectivity index (χ1) is 16.4. The molecule has 0 saturated carbocycles. The summed E-state index contributed by atoms with van der Waals surface area (Å²) in [5.74, 6) is -0.955. The molecule has 1 saturated heterocycles. The van der Waals surface area contributed by atoms with Crippen molar-refractivity contribution in [2.75, 3.05) is 12.3 Å². The van der Waals surface area contributed by atoms with Crippen LogP contribution in [0.4, 0.5) is 5.82 Å². The molecule has 2 N–H and O–H groups in total. The minimum absolute atomic E-state index is 0.0774. The normalized spacial score (nSPS) is 19.4. The summed E-state index contributed by atoms with van der Waals surface area (Å²) in [6, 6.07) is 16.0. The molecule has 0 spiro atoms. The maximum Gasteiger partial charge on any atom is 0.338 e. The molecule has 0 radical (unpaired) electrons. The van der Waals surface area contributed by atoms with E-state index >= 15 is 0 Å². The number of carbonyl (C=O) groups is 2. The van der Waals surface area contributed by atoms with E-state index in [1.165, 1.54) is 10.9 Å². The number of aromatic nitrogens is 2. The second-order valence-corrected chi connectivity index (χ2v) is 8.14. The van der Waals surface area contributed by atoms with Crippen LogP contribution in [0.15, 0.2) is 54.9 Å². The summed E-state index contributed by atoms with van der Waals surface area (Å²) < 4.78 is 18.7. The highest BCUT2D eigenvalue weighted by Crippen LogP contribution is 2.33. The van der Waals surface area contributed by atoms with Gasteiger partial charge < -0.3 is 19.9 Å². The molecule has 34 heavy (non-hydrogen) atoms. The molecule has 0 amide bonds. The van der Waals surface area contributed by atoms with Crippen molar-refractivity contribution in [3.63, 3.8) is 0 Å². The highest BCUT2D eigenvalue weighted by molar-refractivity contribution is 5.90. The topological polar surface area (TPSA) is 129 Å². The van der Waals surface area contributed by atoms with E-state index in [4.69, 9.17) is 19.9 Å². The van der Waals surface area contributed by atoms with Gasteiger partial charge in [-0.3, -0.25) is 4.57 Å². The van der Waals surface area contributed by atoms with E-state index in [2.05, 4.69) is 4.98 Å². The van der Waals surface area contributed by atoms with Crippen LogP contribution in [0.3, 0.4) is 0 Å². The van der Waals surface area contributed by atoms with Crippen molar-refractivity contribution in [1.82, 2.24) is 9.55 Å². The van der Waals surface area contributed by atoms with Crippen LogP contribution in [0.2, 0.25) is 0 Å². The number of carbonyl (C=O) groups excluding carboxylic acids is 2. The van der Waals surface area contributed by atoms with Crippen molar-refractivity contribution >= 4 is 17.8 Å². The number of nitrogens with zero attached hydrogens (tertiary/aromatic N) is 3. The number of aryl methyl sites for hydroxylation is 2. The number of imidazole rings is 1. The van der Waals surface area contributed by atoms with E-state index in [0.29, 0.717) is 11.1 Å². The second kappa shape index (κ2) is 9.77. The van der Waals surface area contributed by atoms with Gasteiger partial charge in [-0.15, -0.1) is 0 Å². The quantitative estimate of drug-likeness (QED) is 0.555. The van der Waals surface area contributed by atoms with Crippen molar-refractivity contribution < 1.29 is 23.8 Å². The molecule has 2 aromatic carbocycles. The van der Waals surface area contributed by atoms with Crippen LogP contribution < -0.4 is 5.73 Å². The van der Waals surface area contributed by atoms with E-state index in [9.17, 15) is 14.9 Å². The predicted octanol–water partition coefficient (Wildman–Crippen LogP) is 3.32. The maximum absolute atomic E-state index is 12.7. The summed E-state index contributed by atoms with van der Waals surface area (Å²) in [7, 11) is 0. The molecular formula is C25H24N4O5. The predicted molar refractivity (Wildman–Crippen MR) is 122 cm³/mol. The lowest BCUT2D eigenvalue weighted by molar-refractivity contribution is -0.0573. The highest BCUT2D eigenvalue weighted by Gasteiger charge is 2.41. The Morgan fingerprint density at radius 3 is 2.26 bits per heavy atom. The van der Waals surface area contributed by atoms with Gasteiger partial charge in [-0.1, -0.05) is 35.4 Å². The standard InChI is InChI=1S/C25H24N4O5/c1-15-3-7-17(8-4-15)24(30)32-13-21-20(34-25(31)18-9-5-16(2)6-10-18)11-22(33-21)29-14-28-23(27)19(29)12-26/h3-10,14,20-22H,11,13,27H2,1-2H3/t20-,21+,22+/m0/s1. The molecule has 9 nitrogen and oxygen atoms in total. The molecule has 1 aliphatic heterocycles. The van der Waals surface area contributed by atoms with Crippen LogP contribution >= 0.6 is 0 Å². The van der Waals surface area contributed by atoms with E-state index in [1.54, 1.807) is 24.3 Å². The van der Waals surface area contributed by atoms with Crippen molar-refractivity contribution in [2.24, 2.45) is 0 Å². The van der Waals surface area contributed by atoms with Crippen molar-refractivity contribution in [2.45, 2.75) is 38.7 Å². The van der Waals surface area contributed by atoms with E-state index in [1.807, 2.05) is 44.2 Å². The number of nitrogens with two attached hydrogens (primary N) is 1. The van der Waals surface area contributed by atoms with E-state index < -0.39 is 30.4 Å². The molecule has 3 atom stereocenters. The molecule has 0 aliphatic carbocycles. The van der Waals surface area contributed by atoms with Crippen LogP contribution in [0.5, 0.6) is 0 Å². The molecule has 0 unspecified atom stereocenters. The van der Waals surface area contributed by atoms with Crippen LogP contribution in [0.25, 0.3) is 0 Å². The van der Waals surface area contributed by atoms with Gasteiger partial charge in [0.05, 0.1) is 11.1 Å². The van der Waals surface area contributed by atoms with Gasteiger partial charge in [0, 0.05) is 6.42 Å². The third-order valence-corrected chi connectivity index (χ3v) is 5.63. The average Bonchev–Trinajstić information content (AvgIpc) is 3.40. The zero-order chi connectivity index (χ0) is 24.2. The van der Waals surface area contributed by atoms with Crippen LogP contribution in [-0.4, -0.2) is 40.3 Å². The molecule has 4 rings (SSSR count). The van der Waals surface area contributed by atoms with Gasteiger partial charge in [0.25, 0.3) is 0 Å². The lowest BCUT2D eigenvalue weighted by Gasteiger charge is -2.19. The number of nitriles is 1. The minimum Gasteiger partial charge on any atom is -0.459 e. The number of benzene rings is 2. The van der Waals surface area contributed by atoms with Gasteiger partial charge in [-0.25, -0.2) is 14.6 Å². The fourth-order valence-corrected chi connectivity index (χ4v) is 3.68. The van der Waals surface area contributed by atoms with E-state index in [0.717, 1.165) is 11.1 Å². The van der Waals surface area contributed by atoms with Gasteiger partial charge in [0.1, 0.15) is 37.4 Å². The minimum atomic E-state index is -0.746. The Labute approximate surface area is 196 Å². The van der Waals surface area contributed by atoms with Crippen LogP contribution in [0, 0.1) is 25.2 Å². The Hall–Kier alpha value is -4.16. The summed E-state index contributed by atoms with van der Waals surface area (Å²) in [6.07, 6.45) is -0.505. The third-order valence-electron chi connectivity index (χ3n) is 5.63. The molecule has 1 aliphatic rings. The zero-order valence-electron chi connectivity index (χ0n) is 18.8. The maximum atomic E-state index is 12.7. The molecule has 0 bridgehead atoms. The number of rotatable bonds is 6. The molecule has 3 aromatic rings. The summed E-state index contributed by atoms with van der Waals surface area (Å²) in [6.45, 7) is 3.71. The van der Waals surface area contributed by atoms with Crippen LogP contribution in [-0.2, 0) is 14.2 Å². The van der Waals surface area contributed by atoms with Gasteiger partial charge in [0.2, 0.25) is 0 Å². The smallest absolute Gasteiger partial charge is 0.338 e. The molecule has 2 heterocycles. The first-order valence-electron chi connectivity index (χ1n) is 10.7. The Morgan fingerprint density at radius 1 is 1.09 bits per heavy atom. The molecule has 9 heteroatoms. The summed E-state index contributed by atoms with van der Waals surface area (Å²) in [5, 5.41) is 9.42. The zero-order valence-corrected chi connectivity index (χ0v) is 18.8. The Morgan fingerprint density at radius 2 is 1.68 bits per heavy atom. The first kappa shape index (κ1) is 23.0. The van der Waals surface area contributed by atoms with E-state index in [-0.39, 0.29) is 24.5 Å². The van der Waals surface area contributed by atoms with Crippen LogP contribution in [0.1, 0.15) is 50.2 Å². The average molecular weight is 460 g/mol. The monoisotopic (exact) mass is 460 g/mol.